The van der Waals surface area contributed by atoms with Crippen LogP contribution in [-0.4, -0.2) is 12.6 Å². The molecule has 104 valence electrons. The molecule has 2 nitrogen and oxygen atoms in total. The van der Waals surface area contributed by atoms with E-state index in [1.54, 1.807) is 0 Å². The van der Waals surface area contributed by atoms with Crippen LogP contribution < -0.4 is 10.5 Å². The summed E-state index contributed by atoms with van der Waals surface area (Å²) < 4.78 is 5.65. The molecule has 0 radical (unpaired) electrons. The summed E-state index contributed by atoms with van der Waals surface area (Å²) in [6.45, 7) is 11.4. The summed E-state index contributed by atoms with van der Waals surface area (Å²) in [6, 6.07) is 6.61. The molecule has 0 heterocycles. The van der Waals surface area contributed by atoms with Gasteiger partial charge in [0.1, 0.15) is 5.75 Å². The Kier molecular flexibility index (Phi) is 6.72. The number of benzene rings is 1. The van der Waals surface area contributed by atoms with Gasteiger partial charge in [0, 0.05) is 6.04 Å². The molecule has 2 N–H and O–H groups in total. The van der Waals surface area contributed by atoms with Crippen molar-refractivity contribution in [1.29, 1.82) is 0 Å². The normalized spacial score (nSPS) is 12.8. The zero-order valence-corrected chi connectivity index (χ0v) is 12.9. The molecule has 0 saturated heterocycles. The van der Waals surface area contributed by atoms with E-state index in [-0.39, 0.29) is 23.9 Å². The summed E-state index contributed by atoms with van der Waals surface area (Å²) in [4.78, 5) is 0. The number of hydrogen-bond donors (Lipinski definition) is 1. The maximum atomic E-state index is 5.89. The first-order valence-corrected chi connectivity index (χ1v) is 6.36. The first kappa shape index (κ1) is 17.3. The number of halogens is 1. The van der Waals surface area contributed by atoms with Gasteiger partial charge in [0.15, 0.2) is 0 Å². The molecule has 18 heavy (non-hydrogen) atoms. The zero-order valence-electron chi connectivity index (χ0n) is 12.1. The Morgan fingerprint density at radius 3 is 2.33 bits per heavy atom. The third-order valence-corrected chi connectivity index (χ3v) is 2.77. The summed E-state index contributed by atoms with van der Waals surface area (Å²) >= 11 is 0. The number of hydrogen-bond acceptors (Lipinski definition) is 2. The first-order valence-electron chi connectivity index (χ1n) is 6.36. The zero-order chi connectivity index (χ0) is 13.1. The van der Waals surface area contributed by atoms with Crippen LogP contribution in [0.25, 0.3) is 0 Å². The molecule has 0 saturated carbocycles. The standard InChI is InChI=1S/C15H25NO.ClH/c1-6-17-14-8-7-13(15(3,4)5)10-12(14)9-11(2)16;/h7-8,10-11H,6,9,16H2,1-5H3;1H. The molecule has 0 amide bonds. The number of rotatable bonds is 4. The summed E-state index contributed by atoms with van der Waals surface area (Å²) in [5, 5.41) is 0. The van der Waals surface area contributed by atoms with Crippen molar-refractivity contribution in [2.45, 2.75) is 52.5 Å². The highest BCUT2D eigenvalue weighted by atomic mass is 35.5. The van der Waals surface area contributed by atoms with Crippen LogP contribution in [0.3, 0.4) is 0 Å². The van der Waals surface area contributed by atoms with Crippen LogP contribution in [0.15, 0.2) is 18.2 Å². The van der Waals surface area contributed by atoms with E-state index in [0.717, 1.165) is 12.2 Å². The van der Waals surface area contributed by atoms with Crippen molar-refractivity contribution in [2.75, 3.05) is 6.61 Å². The van der Waals surface area contributed by atoms with Crippen molar-refractivity contribution in [3.05, 3.63) is 29.3 Å². The molecule has 0 spiro atoms. The van der Waals surface area contributed by atoms with Crippen molar-refractivity contribution < 1.29 is 4.74 Å². The maximum absolute atomic E-state index is 5.89. The third-order valence-electron chi connectivity index (χ3n) is 2.77. The lowest BCUT2D eigenvalue weighted by molar-refractivity contribution is 0.335. The summed E-state index contributed by atoms with van der Waals surface area (Å²) in [5.74, 6) is 0.970. The van der Waals surface area contributed by atoms with Crippen LogP contribution in [0.4, 0.5) is 0 Å². The van der Waals surface area contributed by atoms with Crippen molar-refractivity contribution in [2.24, 2.45) is 5.73 Å². The summed E-state index contributed by atoms with van der Waals surface area (Å²) in [5.41, 5.74) is 8.60. The van der Waals surface area contributed by atoms with Crippen LogP contribution in [0.5, 0.6) is 5.75 Å². The van der Waals surface area contributed by atoms with E-state index in [9.17, 15) is 0 Å². The van der Waals surface area contributed by atoms with E-state index in [1.165, 1.54) is 11.1 Å². The van der Waals surface area contributed by atoms with Crippen LogP contribution in [0.1, 0.15) is 45.7 Å². The molecule has 1 aromatic rings. The third kappa shape index (κ3) is 4.87. The lowest BCUT2D eigenvalue weighted by atomic mass is 9.85. The van der Waals surface area contributed by atoms with E-state index >= 15 is 0 Å². The maximum Gasteiger partial charge on any atom is 0.122 e. The Morgan fingerprint density at radius 2 is 1.89 bits per heavy atom. The van der Waals surface area contributed by atoms with Gasteiger partial charge in [-0.25, -0.2) is 0 Å². The van der Waals surface area contributed by atoms with Crippen LogP contribution in [0.2, 0.25) is 0 Å². The van der Waals surface area contributed by atoms with Crippen molar-refractivity contribution >= 4 is 12.4 Å². The highest BCUT2D eigenvalue weighted by Gasteiger charge is 2.16. The van der Waals surface area contributed by atoms with E-state index in [2.05, 4.69) is 39.0 Å². The fourth-order valence-corrected chi connectivity index (χ4v) is 1.85. The van der Waals surface area contributed by atoms with Gasteiger partial charge in [-0.05, 0) is 42.9 Å². The topological polar surface area (TPSA) is 35.2 Å². The lowest BCUT2D eigenvalue weighted by Gasteiger charge is -2.22. The van der Waals surface area contributed by atoms with E-state index in [0.29, 0.717) is 6.61 Å². The van der Waals surface area contributed by atoms with Crippen LogP contribution in [-0.2, 0) is 11.8 Å². The first-order chi connectivity index (χ1) is 7.84. The van der Waals surface area contributed by atoms with Gasteiger partial charge in [-0.2, -0.15) is 0 Å². The number of ether oxygens (including phenoxy) is 1. The van der Waals surface area contributed by atoms with E-state index in [1.807, 2.05) is 13.8 Å². The van der Waals surface area contributed by atoms with Gasteiger partial charge in [-0.1, -0.05) is 32.9 Å². The largest absolute Gasteiger partial charge is 0.494 e. The molecule has 1 unspecified atom stereocenters. The minimum absolute atomic E-state index is 0. The van der Waals surface area contributed by atoms with Crippen molar-refractivity contribution in [3.8, 4) is 5.75 Å². The summed E-state index contributed by atoms with van der Waals surface area (Å²) in [6.07, 6.45) is 0.860. The fraction of sp³-hybridized carbons (Fsp3) is 0.600. The molecule has 0 fully saturated rings. The quantitative estimate of drug-likeness (QED) is 0.906. The average Bonchev–Trinajstić information content (AvgIpc) is 2.18. The SMILES string of the molecule is CCOc1ccc(C(C)(C)C)cc1CC(C)N.Cl. The molecule has 0 aliphatic heterocycles. The highest BCUT2D eigenvalue weighted by molar-refractivity contribution is 5.85. The Hall–Kier alpha value is -0.730. The fourth-order valence-electron chi connectivity index (χ4n) is 1.85. The second kappa shape index (κ2) is 7.01. The smallest absolute Gasteiger partial charge is 0.122 e. The highest BCUT2D eigenvalue weighted by Crippen LogP contribution is 2.28. The second-order valence-corrected chi connectivity index (χ2v) is 5.69. The predicted octanol–water partition coefficient (Wildman–Crippen LogP) is 3.69. The summed E-state index contributed by atoms with van der Waals surface area (Å²) in [7, 11) is 0. The Morgan fingerprint density at radius 1 is 1.28 bits per heavy atom. The van der Waals surface area contributed by atoms with Gasteiger partial charge in [-0.15, -0.1) is 12.4 Å². The molecule has 0 bridgehead atoms. The monoisotopic (exact) mass is 271 g/mol. The lowest BCUT2D eigenvalue weighted by Crippen LogP contribution is -2.19. The molecule has 1 atom stereocenters. The van der Waals surface area contributed by atoms with Crippen molar-refractivity contribution in [1.82, 2.24) is 0 Å². The Labute approximate surface area is 117 Å². The number of nitrogens with two attached hydrogens (primary N) is 1. The van der Waals surface area contributed by atoms with Gasteiger partial charge in [0.05, 0.1) is 6.61 Å². The van der Waals surface area contributed by atoms with Gasteiger partial charge in [-0.3, -0.25) is 0 Å². The minimum atomic E-state index is 0. The molecule has 0 aliphatic carbocycles. The average molecular weight is 272 g/mol. The molecule has 0 aromatic heterocycles. The van der Waals surface area contributed by atoms with Crippen LogP contribution in [0, 0.1) is 0 Å². The minimum Gasteiger partial charge on any atom is -0.494 e. The van der Waals surface area contributed by atoms with Gasteiger partial charge in [0.2, 0.25) is 0 Å². The van der Waals surface area contributed by atoms with E-state index < -0.39 is 0 Å². The molecular formula is C15H26ClNO. The van der Waals surface area contributed by atoms with Gasteiger partial charge in [0.25, 0.3) is 0 Å². The second-order valence-electron chi connectivity index (χ2n) is 5.69. The molecule has 3 heteroatoms. The molecule has 1 aromatic carbocycles. The Bertz CT molecular complexity index is 369. The van der Waals surface area contributed by atoms with Gasteiger partial charge >= 0.3 is 0 Å². The van der Waals surface area contributed by atoms with Gasteiger partial charge < -0.3 is 10.5 Å². The molecular weight excluding hydrogens is 246 g/mol. The predicted molar refractivity (Wildman–Crippen MR) is 80.9 cm³/mol. The molecule has 1 rings (SSSR count). The Balaban J connectivity index is 0.00000289. The van der Waals surface area contributed by atoms with E-state index in [4.69, 9.17) is 10.5 Å². The van der Waals surface area contributed by atoms with Crippen molar-refractivity contribution in [3.63, 3.8) is 0 Å². The molecule has 0 aliphatic rings. The van der Waals surface area contributed by atoms with Crippen LogP contribution >= 0.6 is 12.4 Å².